The fraction of sp³-hybridized carbons (Fsp3) is 0.500. The zero-order valence-corrected chi connectivity index (χ0v) is 11.4. The summed E-state index contributed by atoms with van der Waals surface area (Å²) in [4.78, 5) is 12.0. The number of benzene rings is 1. The van der Waals surface area contributed by atoms with Crippen molar-refractivity contribution in [3.8, 4) is 0 Å². The Morgan fingerprint density at radius 2 is 2.28 bits per heavy atom. The summed E-state index contributed by atoms with van der Waals surface area (Å²) < 4.78 is 5.16. The average Bonchev–Trinajstić information content (AvgIpc) is 2.90. The summed E-state index contributed by atoms with van der Waals surface area (Å²) in [6.07, 6.45) is 1.12. The first-order valence-corrected chi connectivity index (χ1v) is 7.52. The first kappa shape index (κ1) is 13.4. The summed E-state index contributed by atoms with van der Waals surface area (Å²) in [6, 6.07) is 9.86. The van der Waals surface area contributed by atoms with Crippen LogP contribution in [0.3, 0.4) is 0 Å². The van der Waals surface area contributed by atoms with Crippen molar-refractivity contribution in [2.45, 2.75) is 25.4 Å². The molecule has 0 radical (unpaired) electrons. The van der Waals surface area contributed by atoms with Crippen LogP contribution in [0.15, 0.2) is 30.3 Å². The lowest BCUT2D eigenvalue weighted by molar-refractivity contribution is -0.146. The van der Waals surface area contributed by atoms with E-state index in [4.69, 9.17) is 4.74 Å². The molecule has 1 aliphatic rings. The van der Waals surface area contributed by atoms with Crippen LogP contribution in [-0.4, -0.2) is 30.1 Å². The van der Waals surface area contributed by atoms with Gasteiger partial charge in [0.15, 0.2) is 0 Å². The molecule has 0 bridgehead atoms. The van der Waals surface area contributed by atoms with E-state index in [1.54, 1.807) is 0 Å². The van der Waals surface area contributed by atoms with E-state index >= 15 is 0 Å². The van der Waals surface area contributed by atoms with Gasteiger partial charge in [0, 0.05) is 11.8 Å². The van der Waals surface area contributed by atoms with Crippen molar-refractivity contribution < 1.29 is 9.53 Å². The fourth-order valence-electron chi connectivity index (χ4n) is 2.07. The van der Waals surface area contributed by atoms with E-state index in [0.717, 1.165) is 17.7 Å². The third kappa shape index (κ3) is 3.50. The standard InChI is InChI=1S/C14H19NO2S/c1-2-17-14(16)13(11-6-4-3-5-7-11)15-12-8-9-18-10-12/h3-7,12-13,15H,2,8-10H2,1H3. The average molecular weight is 265 g/mol. The van der Waals surface area contributed by atoms with Gasteiger partial charge in [-0.15, -0.1) is 0 Å². The molecule has 1 aliphatic heterocycles. The monoisotopic (exact) mass is 265 g/mol. The molecule has 1 fully saturated rings. The number of carbonyl (C=O) groups excluding carboxylic acids is 1. The normalized spacial score (nSPS) is 20.6. The van der Waals surface area contributed by atoms with Crippen LogP contribution >= 0.6 is 11.8 Å². The fourth-order valence-corrected chi connectivity index (χ4v) is 3.24. The van der Waals surface area contributed by atoms with E-state index in [-0.39, 0.29) is 12.0 Å². The first-order valence-electron chi connectivity index (χ1n) is 6.36. The van der Waals surface area contributed by atoms with Gasteiger partial charge in [0.2, 0.25) is 0 Å². The molecule has 3 nitrogen and oxygen atoms in total. The van der Waals surface area contributed by atoms with Gasteiger partial charge in [0.05, 0.1) is 6.61 Å². The summed E-state index contributed by atoms with van der Waals surface area (Å²) >= 11 is 1.93. The number of rotatable bonds is 5. The molecule has 0 aromatic heterocycles. The summed E-state index contributed by atoms with van der Waals surface area (Å²) in [5.74, 6) is 2.06. The molecular formula is C14H19NO2S. The highest BCUT2D eigenvalue weighted by Gasteiger charge is 2.26. The number of thioether (sulfide) groups is 1. The highest BCUT2D eigenvalue weighted by molar-refractivity contribution is 7.99. The smallest absolute Gasteiger partial charge is 0.327 e. The van der Waals surface area contributed by atoms with Crippen LogP contribution in [0.4, 0.5) is 0 Å². The predicted molar refractivity (Wildman–Crippen MR) is 74.7 cm³/mol. The minimum absolute atomic E-state index is 0.180. The number of ether oxygens (including phenoxy) is 1. The third-order valence-corrected chi connectivity index (χ3v) is 4.15. The van der Waals surface area contributed by atoms with Crippen molar-refractivity contribution in [1.82, 2.24) is 5.32 Å². The Morgan fingerprint density at radius 1 is 1.50 bits per heavy atom. The second kappa shape index (κ2) is 6.81. The lowest BCUT2D eigenvalue weighted by Crippen LogP contribution is -2.38. The Hall–Kier alpha value is -1.00. The SMILES string of the molecule is CCOC(=O)C(NC1CCSC1)c1ccccc1. The largest absolute Gasteiger partial charge is 0.465 e. The maximum absolute atomic E-state index is 12.0. The van der Waals surface area contributed by atoms with Gasteiger partial charge in [-0.3, -0.25) is 5.32 Å². The molecule has 0 spiro atoms. The lowest BCUT2D eigenvalue weighted by Gasteiger charge is -2.21. The second-order valence-electron chi connectivity index (χ2n) is 4.32. The minimum Gasteiger partial charge on any atom is -0.465 e. The molecular weight excluding hydrogens is 246 g/mol. The maximum Gasteiger partial charge on any atom is 0.327 e. The third-order valence-electron chi connectivity index (χ3n) is 2.99. The van der Waals surface area contributed by atoms with E-state index in [9.17, 15) is 4.79 Å². The molecule has 1 aromatic rings. The Kier molecular flexibility index (Phi) is 5.08. The highest BCUT2D eigenvalue weighted by atomic mass is 32.2. The topological polar surface area (TPSA) is 38.3 Å². The van der Waals surface area contributed by atoms with Crippen LogP contribution in [0, 0.1) is 0 Å². The lowest BCUT2D eigenvalue weighted by atomic mass is 10.1. The molecule has 1 N–H and O–H groups in total. The number of hydrogen-bond acceptors (Lipinski definition) is 4. The molecule has 1 aromatic carbocycles. The van der Waals surface area contributed by atoms with Crippen molar-refractivity contribution in [3.05, 3.63) is 35.9 Å². The minimum atomic E-state index is -0.338. The van der Waals surface area contributed by atoms with Crippen LogP contribution in [0.2, 0.25) is 0 Å². The van der Waals surface area contributed by atoms with Gasteiger partial charge in [-0.05, 0) is 24.7 Å². The molecule has 4 heteroatoms. The van der Waals surface area contributed by atoms with Gasteiger partial charge < -0.3 is 4.74 Å². The van der Waals surface area contributed by atoms with Crippen molar-refractivity contribution in [2.24, 2.45) is 0 Å². The summed E-state index contributed by atoms with van der Waals surface area (Å²) in [7, 11) is 0. The number of nitrogens with one attached hydrogen (secondary N) is 1. The molecule has 2 rings (SSSR count). The van der Waals surface area contributed by atoms with Gasteiger partial charge in [-0.1, -0.05) is 30.3 Å². The molecule has 98 valence electrons. The van der Waals surface area contributed by atoms with E-state index in [2.05, 4.69) is 5.32 Å². The van der Waals surface area contributed by atoms with Crippen LogP contribution in [0.25, 0.3) is 0 Å². The van der Waals surface area contributed by atoms with E-state index in [1.807, 2.05) is 49.0 Å². The maximum atomic E-state index is 12.0. The van der Waals surface area contributed by atoms with Gasteiger partial charge in [-0.2, -0.15) is 11.8 Å². The molecule has 0 saturated carbocycles. The Morgan fingerprint density at radius 3 is 2.89 bits per heavy atom. The van der Waals surface area contributed by atoms with Crippen molar-refractivity contribution in [2.75, 3.05) is 18.1 Å². The Labute approximate surface area is 112 Å². The molecule has 1 saturated heterocycles. The van der Waals surface area contributed by atoms with Crippen molar-refractivity contribution >= 4 is 17.7 Å². The summed E-state index contributed by atoms with van der Waals surface area (Å²) in [5, 5.41) is 3.42. The predicted octanol–water partition coefficient (Wildman–Crippen LogP) is 2.39. The molecule has 18 heavy (non-hydrogen) atoms. The van der Waals surface area contributed by atoms with E-state index < -0.39 is 0 Å². The van der Waals surface area contributed by atoms with Gasteiger partial charge in [0.1, 0.15) is 6.04 Å². The summed E-state index contributed by atoms with van der Waals surface area (Å²) in [5.41, 5.74) is 0.979. The molecule has 1 heterocycles. The van der Waals surface area contributed by atoms with Gasteiger partial charge in [-0.25, -0.2) is 4.79 Å². The van der Waals surface area contributed by atoms with Gasteiger partial charge in [0.25, 0.3) is 0 Å². The number of hydrogen-bond donors (Lipinski definition) is 1. The van der Waals surface area contributed by atoms with Crippen LogP contribution < -0.4 is 5.32 Å². The van der Waals surface area contributed by atoms with Crippen LogP contribution in [-0.2, 0) is 9.53 Å². The van der Waals surface area contributed by atoms with Gasteiger partial charge >= 0.3 is 5.97 Å². The van der Waals surface area contributed by atoms with E-state index in [0.29, 0.717) is 12.6 Å². The Balaban J connectivity index is 2.09. The number of carbonyl (C=O) groups is 1. The summed E-state index contributed by atoms with van der Waals surface area (Å²) in [6.45, 7) is 2.26. The first-order chi connectivity index (χ1) is 8.81. The Bertz CT molecular complexity index is 377. The zero-order chi connectivity index (χ0) is 12.8. The number of esters is 1. The molecule has 2 unspecified atom stereocenters. The van der Waals surface area contributed by atoms with Crippen molar-refractivity contribution in [3.63, 3.8) is 0 Å². The highest BCUT2D eigenvalue weighted by Crippen LogP contribution is 2.22. The second-order valence-corrected chi connectivity index (χ2v) is 5.47. The van der Waals surface area contributed by atoms with Crippen molar-refractivity contribution in [1.29, 1.82) is 0 Å². The van der Waals surface area contributed by atoms with Crippen LogP contribution in [0.5, 0.6) is 0 Å². The quantitative estimate of drug-likeness (QED) is 0.830. The molecule has 0 aliphatic carbocycles. The molecule has 2 atom stereocenters. The zero-order valence-electron chi connectivity index (χ0n) is 10.6. The van der Waals surface area contributed by atoms with E-state index in [1.165, 1.54) is 5.75 Å². The molecule has 0 amide bonds. The van der Waals surface area contributed by atoms with Crippen LogP contribution in [0.1, 0.15) is 24.9 Å².